The van der Waals surface area contributed by atoms with Crippen LogP contribution in [0.2, 0.25) is 0 Å². The lowest BCUT2D eigenvalue weighted by molar-refractivity contribution is 0.370. The van der Waals surface area contributed by atoms with E-state index < -0.39 is 0 Å². The largest absolute Gasteiger partial charge is 0.339 e. The van der Waals surface area contributed by atoms with Crippen LogP contribution in [-0.2, 0) is 6.42 Å². The number of nitrogens with two attached hydrogens (primary N) is 1. The molecule has 0 aliphatic rings. The van der Waals surface area contributed by atoms with Gasteiger partial charge in [0.2, 0.25) is 5.89 Å². The van der Waals surface area contributed by atoms with Gasteiger partial charge in [0, 0.05) is 18.8 Å². The summed E-state index contributed by atoms with van der Waals surface area (Å²) in [5, 5.41) is 3.91. The normalized spacial score (nSPS) is 12.6. The standard InChI is InChI=1S/C12H16N4O/c1-3-4-10-15-12(16-17-10)11(13)9-7-14-6-5-8(9)2/h5-7,11H,3-4,13H2,1-2H3. The van der Waals surface area contributed by atoms with Crippen molar-refractivity contribution in [3.8, 4) is 0 Å². The summed E-state index contributed by atoms with van der Waals surface area (Å²) in [5.41, 5.74) is 8.11. The van der Waals surface area contributed by atoms with Crippen molar-refractivity contribution >= 4 is 0 Å². The molecular formula is C12H16N4O. The second-order valence-corrected chi connectivity index (χ2v) is 4.01. The molecule has 1 unspecified atom stereocenters. The van der Waals surface area contributed by atoms with E-state index in [0.29, 0.717) is 11.7 Å². The maximum Gasteiger partial charge on any atom is 0.226 e. The molecule has 1 atom stereocenters. The van der Waals surface area contributed by atoms with Crippen molar-refractivity contribution in [3.63, 3.8) is 0 Å². The van der Waals surface area contributed by atoms with Gasteiger partial charge in [-0.2, -0.15) is 4.98 Å². The van der Waals surface area contributed by atoms with Crippen molar-refractivity contribution in [1.29, 1.82) is 0 Å². The van der Waals surface area contributed by atoms with Gasteiger partial charge in [-0.1, -0.05) is 12.1 Å². The van der Waals surface area contributed by atoms with Crippen molar-refractivity contribution in [2.45, 2.75) is 32.7 Å². The van der Waals surface area contributed by atoms with Crippen LogP contribution >= 0.6 is 0 Å². The third-order valence-corrected chi connectivity index (χ3v) is 2.64. The molecule has 90 valence electrons. The first-order chi connectivity index (χ1) is 8.22. The fourth-order valence-corrected chi connectivity index (χ4v) is 1.65. The van der Waals surface area contributed by atoms with E-state index in [1.807, 2.05) is 13.0 Å². The van der Waals surface area contributed by atoms with E-state index in [1.165, 1.54) is 0 Å². The quantitative estimate of drug-likeness (QED) is 0.869. The van der Waals surface area contributed by atoms with Gasteiger partial charge in [0.1, 0.15) is 0 Å². The van der Waals surface area contributed by atoms with Crippen molar-refractivity contribution in [1.82, 2.24) is 15.1 Å². The molecule has 0 radical (unpaired) electrons. The Balaban J connectivity index is 2.24. The van der Waals surface area contributed by atoms with Crippen LogP contribution in [0.15, 0.2) is 23.0 Å². The molecule has 2 rings (SSSR count). The molecule has 0 fully saturated rings. The Morgan fingerprint density at radius 1 is 1.47 bits per heavy atom. The minimum Gasteiger partial charge on any atom is -0.339 e. The van der Waals surface area contributed by atoms with E-state index in [2.05, 4.69) is 22.0 Å². The molecule has 0 spiro atoms. The number of hydrogen-bond donors (Lipinski definition) is 1. The van der Waals surface area contributed by atoms with Gasteiger partial charge >= 0.3 is 0 Å². The van der Waals surface area contributed by atoms with E-state index in [-0.39, 0.29) is 6.04 Å². The number of aromatic nitrogens is 3. The van der Waals surface area contributed by atoms with Crippen LogP contribution in [0.3, 0.4) is 0 Å². The maximum absolute atomic E-state index is 6.10. The molecule has 0 aromatic carbocycles. The molecule has 0 aliphatic heterocycles. The zero-order valence-electron chi connectivity index (χ0n) is 10.1. The van der Waals surface area contributed by atoms with Crippen molar-refractivity contribution in [2.75, 3.05) is 0 Å². The second-order valence-electron chi connectivity index (χ2n) is 4.01. The highest BCUT2D eigenvalue weighted by atomic mass is 16.5. The third kappa shape index (κ3) is 2.50. The van der Waals surface area contributed by atoms with Crippen molar-refractivity contribution in [3.05, 3.63) is 41.3 Å². The molecule has 5 heteroatoms. The third-order valence-electron chi connectivity index (χ3n) is 2.64. The van der Waals surface area contributed by atoms with E-state index >= 15 is 0 Å². The average molecular weight is 232 g/mol. The molecular weight excluding hydrogens is 216 g/mol. The van der Waals surface area contributed by atoms with Gasteiger partial charge in [0.15, 0.2) is 5.82 Å². The second kappa shape index (κ2) is 5.05. The van der Waals surface area contributed by atoms with Gasteiger partial charge in [0.25, 0.3) is 0 Å². The van der Waals surface area contributed by atoms with E-state index in [4.69, 9.17) is 10.3 Å². The monoisotopic (exact) mass is 232 g/mol. The van der Waals surface area contributed by atoms with E-state index in [9.17, 15) is 0 Å². The smallest absolute Gasteiger partial charge is 0.226 e. The van der Waals surface area contributed by atoms with E-state index in [1.54, 1.807) is 12.4 Å². The van der Waals surface area contributed by atoms with Crippen LogP contribution in [0, 0.1) is 6.92 Å². The summed E-state index contributed by atoms with van der Waals surface area (Å²) in [7, 11) is 0. The first-order valence-electron chi connectivity index (χ1n) is 5.71. The lowest BCUT2D eigenvalue weighted by atomic mass is 10.0. The summed E-state index contributed by atoms with van der Waals surface area (Å²) in [5.74, 6) is 1.16. The Bertz CT molecular complexity index is 495. The number of pyridine rings is 1. The molecule has 2 heterocycles. The van der Waals surface area contributed by atoms with Crippen LogP contribution in [0.25, 0.3) is 0 Å². The molecule has 0 aliphatic carbocycles. The highest BCUT2D eigenvalue weighted by Gasteiger charge is 2.17. The summed E-state index contributed by atoms with van der Waals surface area (Å²) in [6.45, 7) is 4.05. The van der Waals surface area contributed by atoms with Crippen LogP contribution in [0.5, 0.6) is 0 Å². The molecule has 5 nitrogen and oxygen atoms in total. The fourth-order valence-electron chi connectivity index (χ4n) is 1.65. The topological polar surface area (TPSA) is 77.8 Å². The van der Waals surface area contributed by atoms with Gasteiger partial charge in [-0.3, -0.25) is 4.98 Å². The minimum absolute atomic E-state index is 0.377. The Kier molecular flexibility index (Phi) is 3.49. The lowest BCUT2D eigenvalue weighted by Gasteiger charge is -2.09. The van der Waals surface area contributed by atoms with Gasteiger partial charge in [0.05, 0.1) is 6.04 Å². The summed E-state index contributed by atoms with van der Waals surface area (Å²) >= 11 is 0. The molecule has 17 heavy (non-hydrogen) atoms. The van der Waals surface area contributed by atoms with E-state index in [0.717, 1.165) is 24.0 Å². The van der Waals surface area contributed by atoms with Crippen LogP contribution in [0.4, 0.5) is 0 Å². The highest BCUT2D eigenvalue weighted by molar-refractivity contribution is 5.28. The average Bonchev–Trinajstić information content (AvgIpc) is 2.78. The highest BCUT2D eigenvalue weighted by Crippen LogP contribution is 2.19. The SMILES string of the molecule is CCCc1nc(C(N)c2cnccc2C)no1. The zero-order chi connectivity index (χ0) is 12.3. The van der Waals surface area contributed by atoms with Crippen LogP contribution in [-0.4, -0.2) is 15.1 Å². The maximum atomic E-state index is 6.10. The predicted octanol–water partition coefficient (Wildman–Crippen LogP) is 1.77. The molecule has 2 aromatic heterocycles. The number of rotatable bonds is 4. The van der Waals surface area contributed by atoms with Gasteiger partial charge < -0.3 is 10.3 Å². The summed E-state index contributed by atoms with van der Waals surface area (Å²) in [6.07, 6.45) is 5.24. The molecule has 0 amide bonds. The first-order valence-corrected chi connectivity index (χ1v) is 5.71. The molecule has 2 aromatic rings. The molecule has 2 N–H and O–H groups in total. The molecule has 0 bridgehead atoms. The van der Waals surface area contributed by atoms with Gasteiger partial charge in [-0.15, -0.1) is 0 Å². The number of hydrogen-bond acceptors (Lipinski definition) is 5. The predicted molar refractivity (Wildman–Crippen MR) is 63.3 cm³/mol. The zero-order valence-corrected chi connectivity index (χ0v) is 10.1. The molecule has 0 saturated carbocycles. The summed E-state index contributed by atoms with van der Waals surface area (Å²) < 4.78 is 5.13. The first kappa shape index (κ1) is 11.7. The minimum atomic E-state index is -0.377. The fraction of sp³-hybridized carbons (Fsp3) is 0.417. The van der Waals surface area contributed by atoms with Gasteiger partial charge in [-0.25, -0.2) is 0 Å². The van der Waals surface area contributed by atoms with Gasteiger partial charge in [-0.05, 0) is 30.5 Å². The Morgan fingerprint density at radius 2 is 2.29 bits per heavy atom. The Morgan fingerprint density at radius 3 is 3.00 bits per heavy atom. The Labute approximate surface area is 100 Å². The number of aryl methyl sites for hydroxylation is 2. The Hall–Kier alpha value is -1.75. The lowest BCUT2D eigenvalue weighted by Crippen LogP contribution is -2.15. The molecule has 0 saturated heterocycles. The van der Waals surface area contributed by atoms with Crippen LogP contribution in [0.1, 0.15) is 42.2 Å². The van der Waals surface area contributed by atoms with Crippen molar-refractivity contribution in [2.24, 2.45) is 5.73 Å². The summed E-state index contributed by atoms with van der Waals surface area (Å²) in [6, 6.07) is 1.54. The summed E-state index contributed by atoms with van der Waals surface area (Å²) in [4.78, 5) is 8.36. The van der Waals surface area contributed by atoms with Crippen molar-refractivity contribution < 1.29 is 4.52 Å². The number of nitrogens with zero attached hydrogens (tertiary/aromatic N) is 3. The van der Waals surface area contributed by atoms with Crippen LogP contribution < -0.4 is 5.73 Å².